The summed E-state index contributed by atoms with van der Waals surface area (Å²) in [7, 11) is 0. The number of carbonyl (C=O) groups is 1. The van der Waals surface area contributed by atoms with E-state index in [0.29, 0.717) is 6.42 Å². The highest BCUT2D eigenvalue weighted by atomic mass is 16.8. The second-order valence-corrected chi connectivity index (χ2v) is 11.0. The Hall–Kier alpha value is -0.930. The minimum Gasteiger partial charge on any atom is -0.463 e. The lowest BCUT2D eigenvalue weighted by Crippen LogP contribution is -2.63. The monoisotopic (exact) mass is 580 g/mol. The van der Waals surface area contributed by atoms with Crippen LogP contribution in [0.3, 0.4) is 0 Å². The molecular weight excluding hydrogens is 528 g/mol. The Morgan fingerprint density at radius 3 is 1.50 bits per heavy atom. The molecule has 7 N–H and O–H groups in total. The molecule has 4 unspecified atom stereocenters. The Kier molecular flexibility index (Phi) is 17.0. The van der Waals surface area contributed by atoms with Gasteiger partial charge in [0, 0.05) is 6.42 Å². The van der Waals surface area contributed by atoms with Gasteiger partial charge in [-0.25, -0.2) is 0 Å². The quantitative estimate of drug-likeness (QED) is 0.0833. The van der Waals surface area contributed by atoms with Crippen molar-refractivity contribution < 1.29 is 59.5 Å². The van der Waals surface area contributed by atoms with Crippen LogP contribution in [0.5, 0.6) is 0 Å². The molecule has 0 aromatic carbocycles. The van der Waals surface area contributed by atoms with Gasteiger partial charge in [0.05, 0.1) is 6.61 Å². The zero-order chi connectivity index (χ0) is 29.5. The summed E-state index contributed by atoms with van der Waals surface area (Å²) in [6.45, 7) is 1.14. The zero-order valence-corrected chi connectivity index (χ0v) is 23.8. The van der Waals surface area contributed by atoms with Crippen LogP contribution in [-0.4, -0.2) is 116 Å². The number of unbranched alkanes of at least 4 members (excludes halogenated alkanes) is 12. The van der Waals surface area contributed by atoms with Crippen LogP contribution in [0.1, 0.15) is 96.8 Å². The van der Waals surface area contributed by atoms with Gasteiger partial charge in [-0.05, 0) is 6.42 Å². The third kappa shape index (κ3) is 11.4. The Morgan fingerprint density at radius 2 is 1.02 bits per heavy atom. The molecule has 0 saturated carbocycles. The van der Waals surface area contributed by atoms with Gasteiger partial charge in [-0.15, -0.1) is 0 Å². The molecule has 0 spiro atoms. The number of carbonyl (C=O) groups excluding carboxylic acids is 1. The minimum atomic E-state index is -1.76. The van der Waals surface area contributed by atoms with Crippen molar-refractivity contribution in [2.45, 2.75) is 158 Å². The van der Waals surface area contributed by atoms with Crippen LogP contribution < -0.4 is 0 Å². The first kappa shape index (κ1) is 35.3. The van der Waals surface area contributed by atoms with Crippen LogP contribution in [0.25, 0.3) is 0 Å². The molecule has 0 aliphatic carbocycles. The van der Waals surface area contributed by atoms with Crippen molar-refractivity contribution in [1.82, 2.24) is 0 Å². The standard InChI is InChI=1S/C28H52O12/c1-2-3-4-5-6-7-8-9-10-11-12-13-14-15-20(30)37-17-19-22(32)24(34)26(36)28(39-19)40-27-25(35)23(33)21(31)18(16-29)38-27/h18-19,21-29,31-36H,2-17H2,1H3/t18?,19?,21-,22-,23?,24?,25+,26+,27-,28-/m1/s1. The molecule has 0 radical (unpaired) electrons. The lowest BCUT2D eigenvalue weighted by molar-refractivity contribution is -0.376. The summed E-state index contributed by atoms with van der Waals surface area (Å²) in [5.74, 6) is -0.481. The summed E-state index contributed by atoms with van der Waals surface area (Å²) in [5, 5.41) is 70.1. The van der Waals surface area contributed by atoms with Crippen molar-refractivity contribution in [2.75, 3.05) is 13.2 Å². The van der Waals surface area contributed by atoms with Crippen molar-refractivity contribution in [3.8, 4) is 0 Å². The largest absolute Gasteiger partial charge is 0.463 e. The third-order valence-electron chi connectivity index (χ3n) is 7.68. The van der Waals surface area contributed by atoms with Crippen LogP contribution in [0, 0.1) is 0 Å². The highest BCUT2D eigenvalue weighted by Gasteiger charge is 2.49. The average Bonchev–Trinajstić information content (AvgIpc) is 2.95. The molecule has 2 fully saturated rings. The van der Waals surface area contributed by atoms with Crippen molar-refractivity contribution in [2.24, 2.45) is 0 Å². The van der Waals surface area contributed by atoms with E-state index in [1.807, 2.05) is 0 Å². The van der Waals surface area contributed by atoms with Crippen LogP contribution in [0.2, 0.25) is 0 Å². The molecule has 2 aliphatic heterocycles. The Balaban J connectivity index is 1.64. The lowest BCUT2D eigenvalue weighted by Gasteiger charge is -2.44. The van der Waals surface area contributed by atoms with Gasteiger partial charge in [0.2, 0.25) is 0 Å². The fourth-order valence-electron chi connectivity index (χ4n) is 5.01. The predicted molar refractivity (Wildman–Crippen MR) is 143 cm³/mol. The van der Waals surface area contributed by atoms with Gasteiger partial charge in [0.1, 0.15) is 55.4 Å². The van der Waals surface area contributed by atoms with Crippen molar-refractivity contribution >= 4 is 5.97 Å². The number of aliphatic hydroxyl groups excluding tert-OH is 7. The molecule has 0 amide bonds. The van der Waals surface area contributed by atoms with Gasteiger partial charge in [-0.3, -0.25) is 4.79 Å². The number of rotatable bonds is 19. The fourth-order valence-corrected chi connectivity index (χ4v) is 5.01. The van der Waals surface area contributed by atoms with Gasteiger partial charge in [-0.2, -0.15) is 0 Å². The van der Waals surface area contributed by atoms with Crippen LogP contribution in [-0.2, 0) is 23.7 Å². The topological polar surface area (TPSA) is 196 Å². The number of hydrogen-bond acceptors (Lipinski definition) is 12. The molecule has 0 bridgehead atoms. The van der Waals surface area contributed by atoms with Gasteiger partial charge < -0.3 is 54.7 Å². The lowest BCUT2D eigenvalue weighted by atomic mass is 9.98. The molecule has 0 aromatic heterocycles. The smallest absolute Gasteiger partial charge is 0.305 e. The normalized spacial score (nSPS) is 34.6. The fraction of sp³-hybridized carbons (Fsp3) is 0.964. The Labute approximate surface area is 237 Å². The first-order valence-corrected chi connectivity index (χ1v) is 15.0. The van der Waals surface area contributed by atoms with Crippen LogP contribution in [0.4, 0.5) is 0 Å². The first-order chi connectivity index (χ1) is 19.2. The van der Waals surface area contributed by atoms with Gasteiger partial charge in [-0.1, -0.05) is 84.0 Å². The van der Waals surface area contributed by atoms with Crippen molar-refractivity contribution in [1.29, 1.82) is 0 Å². The molecule has 2 aliphatic rings. The molecule has 2 saturated heterocycles. The summed E-state index contributed by atoms with van der Waals surface area (Å²) in [4.78, 5) is 12.2. The van der Waals surface area contributed by atoms with E-state index in [4.69, 9.17) is 18.9 Å². The van der Waals surface area contributed by atoms with Crippen LogP contribution >= 0.6 is 0 Å². The van der Waals surface area contributed by atoms with Crippen LogP contribution in [0.15, 0.2) is 0 Å². The van der Waals surface area contributed by atoms with E-state index in [2.05, 4.69) is 6.92 Å². The zero-order valence-electron chi connectivity index (χ0n) is 23.8. The second kappa shape index (κ2) is 19.3. The first-order valence-electron chi connectivity index (χ1n) is 15.0. The van der Waals surface area contributed by atoms with Gasteiger partial charge >= 0.3 is 5.97 Å². The Bertz CT molecular complexity index is 680. The van der Waals surface area contributed by atoms with E-state index in [1.165, 1.54) is 57.8 Å². The van der Waals surface area contributed by atoms with E-state index in [-0.39, 0.29) is 6.42 Å². The maximum absolute atomic E-state index is 12.2. The van der Waals surface area contributed by atoms with E-state index in [1.54, 1.807) is 0 Å². The average molecular weight is 581 g/mol. The summed E-state index contributed by atoms with van der Waals surface area (Å²) in [6.07, 6.45) is -0.249. The SMILES string of the molecule is CCCCCCCCCCCCCCCC(=O)OCC1O[C@H](O[C@H]2OC(CO)[C@@H](O)C(O)[C@@H]2O)[C@@H](O)C(O)[C@@H]1O. The van der Waals surface area contributed by atoms with Gasteiger partial charge in [0.15, 0.2) is 12.6 Å². The summed E-state index contributed by atoms with van der Waals surface area (Å²) in [6, 6.07) is 0. The Morgan fingerprint density at radius 1 is 0.600 bits per heavy atom. The highest BCUT2D eigenvalue weighted by Crippen LogP contribution is 2.28. The number of aliphatic hydroxyl groups is 7. The molecule has 0 aromatic rings. The van der Waals surface area contributed by atoms with Gasteiger partial charge in [0.25, 0.3) is 0 Å². The molecule has 40 heavy (non-hydrogen) atoms. The third-order valence-corrected chi connectivity index (χ3v) is 7.68. The van der Waals surface area contributed by atoms with E-state index in [9.17, 15) is 40.5 Å². The number of hydrogen-bond donors (Lipinski definition) is 7. The van der Waals surface area contributed by atoms with Crippen molar-refractivity contribution in [3.63, 3.8) is 0 Å². The minimum absolute atomic E-state index is 0.205. The molecule has 2 heterocycles. The molecule has 12 heteroatoms. The summed E-state index contributed by atoms with van der Waals surface area (Å²) in [5.41, 5.74) is 0. The molecular formula is C28H52O12. The van der Waals surface area contributed by atoms with E-state index >= 15 is 0 Å². The predicted octanol–water partition coefficient (Wildman–Crippen LogP) is 0.635. The van der Waals surface area contributed by atoms with Crippen molar-refractivity contribution in [3.05, 3.63) is 0 Å². The molecule has 10 atom stereocenters. The van der Waals surface area contributed by atoms with E-state index in [0.717, 1.165) is 19.3 Å². The molecule has 236 valence electrons. The molecule has 2 rings (SSSR count). The summed E-state index contributed by atoms with van der Waals surface area (Å²) >= 11 is 0. The van der Waals surface area contributed by atoms with E-state index < -0.39 is 80.6 Å². The number of esters is 1. The maximum Gasteiger partial charge on any atom is 0.305 e. The highest BCUT2D eigenvalue weighted by molar-refractivity contribution is 5.69. The second-order valence-electron chi connectivity index (χ2n) is 11.0. The number of ether oxygens (including phenoxy) is 4. The maximum atomic E-state index is 12.2. The molecule has 12 nitrogen and oxygen atoms in total. The summed E-state index contributed by atoms with van der Waals surface area (Å²) < 4.78 is 21.3.